The summed E-state index contributed by atoms with van der Waals surface area (Å²) in [5.41, 5.74) is 3.26. The number of aryl methyl sites for hydroxylation is 2. The van der Waals surface area contributed by atoms with E-state index in [1.54, 1.807) is 26.0 Å². The van der Waals surface area contributed by atoms with Crippen LogP contribution in [0.25, 0.3) is 0 Å². The summed E-state index contributed by atoms with van der Waals surface area (Å²) in [6.07, 6.45) is 0.677. The first-order valence-corrected chi connectivity index (χ1v) is 7.25. The van der Waals surface area contributed by atoms with Crippen LogP contribution in [0, 0.1) is 25.5 Å². The van der Waals surface area contributed by atoms with Gasteiger partial charge in [-0.1, -0.05) is 31.2 Å². The number of halogens is 2. The monoisotopic (exact) mass is 289 g/mol. The second-order valence-electron chi connectivity index (χ2n) is 5.41. The molecule has 0 saturated heterocycles. The highest BCUT2D eigenvalue weighted by Gasteiger charge is 2.14. The van der Waals surface area contributed by atoms with Crippen LogP contribution >= 0.6 is 0 Å². The van der Waals surface area contributed by atoms with Crippen molar-refractivity contribution in [2.75, 3.05) is 6.54 Å². The van der Waals surface area contributed by atoms with Crippen molar-refractivity contribution in [2.45, 2.75) is 33.2 Å². The van der Waals surface area contributed by atoms with Gasteiger partial charge in [0.25, 0.3) is 0 Å². The first kappa shape index (κ1) is 15.6. The van der Waals surface area contributed by atoms with E-state index in [1.807, 2.05) is 25.1 Å². The molecule has 0 spiro atoms. The summed E-state index contributed by atoms with van der Waals surface area (Å²) in [5, 5.41) is 3.40. The molecule has 0 bridgehead atoms. The fourth-order valence-electron chi connectivity index (χ4n) is 2.63. The van der Waals surface area contributed by atoms with Crippen LogP contribution in [0.3, 0.4) is 0 Å². The molecule has 0 aromatic heterocycles. The Balaban J connectivity index is 2.30. The summed E-state index contributed by atoms with van der Waals surface area (Å²) in [5.74, 6) is -0.381. The quantitative estimate of drug-likeness (QED) is 0.856. The van der Waals surface area contributed by atoms with Crippen molar-refractivity contribution in [2.24, 2.45) is 0 Å². The fourth-order valence-corrected chi connectivity index (χ4v) is 2.63. The minimum Gasteiger partial charge on any atom is -0.310 e. The Kier molecular flexibility index (Phi) is 5.07. The Bertz CT molecular complexity index is 599. The molecule has 0 fully saturated rings. The maximum atomic E-state index is 13.8. The van der Waals surface area contributed by atoms with Crippen molar-refractivity contribution in [3.05, 3.63) is 70.3 Å². The fraction of sp³-hybridized carbons (Fsp3) is 0.333. The van der Waals surface area contributed by atoms with E-state index in [0.717, 1.165) is 17.7 Å². The van der Waals surface area contributed by atoms with Crippen molar-refractivity contribution in [3.8, 4) is 0 Å². The van der Waals surface area contributed by atoms with Crippen LogP contribution in [-0.2, 0) is 6.42 Å². The summed E-state index contributed by atoms with van der Waals surface area (Å²) in [6, 6.07) is 10.4. The van der Waals surface area contributed by atoms with Crippen LogP contribution in [0.15, 0.2) is 36.4 Å². The van der Waals surface area contributed by atoms with Crippen LogP contribution in [0.5, 0.6) is 0 Å². The number of hydrogen-bond acceptors (Lipinski definition) is 1. The molecule has 1 nitrogen and oxygen atoms in total. The number of rotatable bonds is 5. The Morgan fingerprint density at radius 2 is 1.71 bits per heavy atom. The predicted molar refractivity (Wildman–Crippen MR) is 82.4 cm³/mol. The van der Waals surface area contributed by atoms with Gasteiger partial charge < -0.3 is 5.32 Å². The van der Waals surface area contributed by atoms with E-state index in [-0.39, 0.29) is 17.7 Å². The molecule has 1 atom stereocenters. The summed E-state index contributed by atoms with van der Waals surface area (Å²) >= 11 is 0. The van der Waals surface area contributed by atoms with Crippen LogP contribution in [-0.4, -0.2) is 6.54 Å². The summed E-state index contributed by atoms with van der Waals surface area (Å²) in [4.78, 5) is 0. The molecule has 21 heavy (non-hydrogen) atoms. The summed E-state index contributed by atoms with van der Waals surface area (Å²) < 4.78 is 27.1. The van der Waals surface area contributed by atoms with Crippen molar-refractivity contribution in [3.63, 3.8) is 0 Å². The van der Waals surface area contributed by atoms with Gasteiger partial charge in [-0.3, -0.25) is 0 Å². The Labute approximate surface area is 125 Å². The molecular weight excluding hydrogens is 268 g/mol. The number of likely N-dealkylation sites (N-methyl/N-ethyl adjacent to an activating group) is 1. The van der Waals surface area contributed by atoms with Gasteiger partial charge in [0.1, 0.15) is 11.6 Å². The zero-order valence-corrected chi connectivity index (χ0v) is 12.7. The topological polar surface area (TPSA) is 12.0 Å². The van der Waals surface area contributed by atoms with Gasteiger partial charge in [-0.05, 0) is 61.2 Å². The normalized spacial score (nSPS) is 12.4. The smallest absolute Gasteiger partial charge is 0.129 e. The predicted octanol–water partition coefficient (Wildman–Crippen LogP) is 4.47. The van der Waals surface area contributed by atoms with E-state index < -0.39 is 0 Å². The Morgan fingerprint density at radius 1 is 1.05 bits per heavy atom. The number of nitrogens with one attached hydrogen (secondary N) is 1. The number of benzene rings is 2. The van der Waals surface area contributed by atoms with Gasteiger partial charge in [-0.15, -0.1) is 0 Å². The average molecular weight is 289 g/mol. The molecule has 3 heteroatoms. The highest BCUT2D eigenvalue weighted by molar-refractivity contribution is 5.33. The molecule has 0 aliphatic heterocycles. The Morgan fingerprint density at radius 3 is 2.29 bits per heavy atom. The molecule has 2 aromatic rings. The minimum atomic E-state index is -0.228. The van der Waals surface area contributed by atoms with E-state index in [1.165, 1.54) is 6.07 Å². The maximum absolute atomic E-state index is 13.8. The van der Waals surface area contributed by atoms with E-state index in [9.17, 15) is 8.78 Å². The lowest BCUT2D eigenvalue weighted by Gasteiger charge is -2.20. The van der Waals surface area contributed by atoms with Gasteiger partial charge in [-0.2, -0.15) is 0 Å². The molecule has 0 amide bonds. The zero-order valence-electron chi connectivity index (χ0n) is 12.7. The van der Waals surface area contributed by atoms with Crippen LogP contribution in [0.1, 0.15) is 35.2 Å². The lowest BCUT2D eigenvalue weighted by atomic mass is 9.95. The zero-order chi connectivity index (χ0) is 15.4. The summed E-state index contributed by atoms with van der Waals surface area (Å²) in [7, 11) is 0. The van der Waals surface area contributed by atoms with Gasteiger partial charge in [-0.25, -0.2) is 8.78 Å². The first-order valence-electron chi connectivity index (χ1n) is 7.25. The molecular formula is C18H21F2N. The first-order chi connectivity index (χ1) is 10.0. The summed E-state index contributed by atoms with van der Waals surface area (Å²) in [6.45, 7) is 6.38. The van der Waals surface area contributed by atoms with Gasteiger partial charge in [0.15, 0.2) is 0 Å². The van der Waals surface area contributed by atoms with E-state index in [0.29, 0.717) is 17.5 Å². The second-order valence-corrected chi connectivity index (χ2v) is 5.41. The SMILES string of the molecule is CCNC(Cc1cccc(F)c1)c1cc(C)c(F)c(C)c1. The third-order valence-electron chi connectivity index (χ3n) is 3.64. The molecule has 0 radical (unpaired) electrons. The van der Waals surface area contributed by atoms with Crippen LogP contribution < -0.4 is 5.32 Å². The van der Waals surface area contributed by atoms with Crippen molar-refractivity contribution < 1.29 is 8.78 Å². The molecule has 2 aromatic carbocycles. The molecule has 112 valence electrons. The standard InChI is InChI=1S/C18H21F2N/c1-4-21-17(11-14-6-5-7-16(19)10-14)15-8-12(2)18(20)13(3)9-15/h5-10,17,21H,4,11H2,1-3H3. The van der Waals surface area contributed by atoms with Crippen molar-refractivity contribution >= 4 is 0 Å². The van der Waals surface area contributed by atoms with Crippen LogP contribution in [0.2, 0.25) is 0 Å². The molecule has 0 aliphatic carbocycles. The minimum absolute atomic E-state index is 0.0507. The lowest BCUT2D eigenvalue weighted by Crippen LogP contribution is -2.23. The lowest BCUT2D eigenvalue weighted by molar-refractivity contribution is 0.542. The molecule has 1 N–H and O–H groups in total. The van der Waals surface area contributed by atoms with Crippen molar-refractivity contribution in [1.29, 1.82) is 0 Å². The van der Waals surface area contributed by atoms with E-state index >= 15 is 0 Å². The van der Waals surface area contributed by atoms with Gasteiger partial charge in [0, 0.05) is 6.04 Å². The third-order valence-corrected chi connectivity index (χ3v) is 3.64. The maximum Gasteiger partial charge on any atom is 0.129 e. The largest absolute Gasteiger partial charge is 0.310 e. The molecule has 0 aliphatic rings. The highest BCUT2D eigenvalue weighted by Crippen LogP contribution is 2.23. The van der Waals surface area contributed by atoms with Crippen molar-refractivity contribution in [1.82, 2.24) is 5.32 Å². The van der Waals surface area contributed by atoms with E-state index in [2.05, 4.69) is 5.32 Å². The average Bonchev–Trinajstić information content (AvgIpc) is 2.44. The molecule has 2 rings (SSSR count). The second kappa shape index (κ2) is 6.81. The molecule has 1 unspecified atom stereocenters. The van der Waals surface area contributed by atoms with E-state index in [4.69, 9.17) is 0 Å². The number of hydrogen-bond donors (Lipinski definition) is 1. The highest BCUT2D eigenvalue weighted by atomic mass is 19.1. The van der Waals surface area contributed by atoms with Gasteiger partial charge in [0.2, 0.25) is 0 Å². The van der Waals surface area contributed by atoms with Gasteiger partial charge >= 0.3 is 0 Å². The van der Waals surface area contributed by atoms with Crippen LogP contribution in [0.4, 0.5) is 8.78 Å². The van der Waals surface area contributed by atoms with Gasteiger partial charge in [0.05, 0.1) is 0 Å². The third kappa shape index (κ3) is 3.88. The molecule has 0 heterocycles. The molecule has 0 saturated carbocycles. The Hall–Kier alpha value is -1.74.